The van der Waals surface area contributed by atoms with Crippen molar-refractivity contribution in [2.45, 2.75) is 19.4 Å². The Morgan fingerprint density at radius 3 is 2.76 bits per heavy atom. The number of nitrogens with one attached hydrogen (secondary N) is 1. The van der Waals surface area contributed by atoms with Crippen molar-refractivity contribution in [3.05, 3.63) is 29.8 Å². The van der Waals surface area contributed by atoms with E-state index in [1.165, 1.54) is 37.2 Å². The quantitative estimate of drug-likeness (QED) is 0.765. The van der Waals surface area contributed by atoms with Crippen molar-refractivity contribution in [3.8, 4) is 0 Å². The number of likely N-dealkylation sites (tertiary alicyclic amines) is 1. The maximum absolute atomic E-state index is 5.06. The summed E-state index contributed by atoms with van der Waals surface area (Å²) >= 11 is 0. The molecule has 94 valence electrons. The number of anilines is 1. The Kier molecular flexibility index (Phi) is 4.83. The highest BCUT2D eigenvalue weighted by atomic mass is 16.5. The van der Waals surface area contributed by atoms with Crippen LogP contribution in [0.3, 0.4) is 0 Å². The van der Waals surface area contributed by atoms with Gasteiger partial charge in [-0.2, -0.15) is 0 Å². The second-order valence-electron chi connectivity index (χ2n) is 4.56. The molecule has 0 aliphatic carbocycles. The van der Waals surface area contributed by atoms with Crippen LogP contribution < -0.4 is 5.32 Å². The van der Waals surface area contributed by atoms with Gasteiger partial charge in [-0.25, -0.2) is 0 Å². The molecule has 0 amide bonds. The molecule has 2 rings (SSSR count). The van der Waals surface area contributed by atoms with Crippen molar-refractivity contribution in [2.24, 2.45) is 0 Å². The van der Waals surface area contributed by atoms with Crippen LogP contribution in [0.25, 0.3) is 0 Å². The van der Waals surface area contributed by atoms with Crippen LogP contribution in [0.2, 0.25) is 0 Å². The third-order valence-electron chi connectivity index (χ3n) is 3.23. The number of rotatable bonds is 6. The molecule has 17 heavy (non-hydrogen) atoms. The lowest BCUT2D eigenvalue weighted by Crippen LogP contribution is -2.19. The summed E-state index contributed by atoms with van der Waals surface area (Å²) in [6, 6.07) is 8.57. The average Bonchev–Trinajstić information content (AvgIpc) is 2.84. The summed E-state index contributed by atoms with van der Waals surface area (Å²) in [6.45, 7) is 5.17. The normalized spacial score (nSPS) is 16.3. The van der Waals surface area contributed by atoms with Crippen LogP contribution in [0.1, 0.15) is 18.4 Å². The summed E-state index contributed by atoms with van der Waals surface area (Å²) in [6.07, 6.45) is 2.69. The van der Waals surface area contributed by atoms with Gasteiger partial charge in [0.1, 0.15) is 0 Å². The first kappa shape index (κ1) is 12.4. The van der Waals surface area contributed by atoms with E-state index in [2.05, 4.69) is 34.5 Å². The minimum Gasteiger partial charge on any atom is -0.383 e. The number of methoxy groups -OCH3 is 1. The predicted octanol–water partition coefficient (Wildman–Crippen LogP) is 2.34. The molecular formula is C14H22N2O. The number of hydrogen-bond acceptors (Lipinski definition) is 3. The summed E-state index contributed by atoms with van der Waals surface area (Å²) in [5.74, 6) is 0. The predicted molar refractivity (Wildman–Crippen MR) is 71.3 cm³/mol. The Hall–Kier alpha value is -1.06. The van der Waals surface area contributed by atoms with Gasteiger partial charge < -0.3 is 10.1 Å². The van der Waals surface area contributed by atoms with E-state index in [1.54, 1.807) is 7.11 Å². The Morgan fingerprint density at radius 2 is 2.00 bits per heavy atom. The maximum Gasteiger partial charge on any atom is 0.0635 e. The van der Waals surface area contributed by atoms with Gasteiger partial charge in [0, 0.05) is 25.9 Å². The van der Waals surface area contributed by atoms with Crippen molar-refractivity contribution in [1.29, 1.82) is 0 Å². The Labute approximate surface area is 104 Å². The van der Waals surface area contributed by atoms with Gasteiger partial charge >= 0.3 is 0 Å². The fourth-order valence-electron chi connectivity index (χ4n) is 2.30. The van der Waals surface area contributed by atoms with E-state index in [0.29, 0.717) is 0 Å². The van der Waals surface area contributed by atoms with Gasteiger partial charge in [0.05, 0.1) is 6.61 Å². The van der Waals surface area contributed by atoms with Crippen molar-refractivity contribution in [2.75, 3.05) is 38.7 Å². The van der Waals surface area contributed by atoms with Crippen LogP contribution in [0.15, 0.2) is 24.3 Å². The molecule has 1 aromatic rings. The van der Waals surface area contributed by atoms with Crippen molar-refractivity contribution < 1.29 is 4.74 Å². The van der Waals surface area contributed by atoms with Crippen LogP contribution >= 0.6 is 0 Å². The van der Waals surface area contributed by atoms with E-state index in [4.69, 9.17) is 4.74 Å². The zero-order valence-corrected chi connectivity index (χ0v) is 10.6. The maximum atomic E-state index is 5.06. The highest BCUT2D eigenvalue weighted by molar-refractivity contribution is 5.51. The van der Waals surface area contributed by atoms with Gasteiger partial charge in [-0.1, -0.05) is 18.2 Å². The van der Waals surface area contributed by atoms with Crippen molar-refractivity contribution >= 4 is 5.69 Å². The Morgan fingerprint density at radius 1 is 1.24 bits per heavy atom. The molecule has 1 fully saturated rings. The molecule has 1 aliphatic heterocycles. The highest BCUT2D eigenvalue weighted by Gasteiger charge is 2.13. The van der Waals surface area contributed by atoms with Crippen LogP contribution in [0.4, 0.5) is 5.69 Å². The molecule has 0 bridgehead atoms. The molecule has 1 aliphatic rings. The van der Waals surface area contributed by atoms with Crippen LogP contribution in [0.5, 0.6) is 0 Å². The van der Waals surface area contributed by atoms with Crippen LogP contribution in [-0.2, 0) is 11.3 Å². The molecule has 1 aromatic carbocycles. The first-order valence-electron chi connectivity index (χ1n) is 6.43. The lowest BCUT2D eigenvalue weighted by molar-refractivity contribution is 0.210. The molecule has 0 atom stereocenters. The van der Waals surface area contributed by atoms with E-state index in [9.17, 15) is 0 Å². The molecule has 0 aromatic heterocycles. The number of ether oxygens (including phenoxy) is 1. The topological polar surface area (TPSA) is 24.5 Å². The molecule has 0 saturated carbocycles. The molecule has 0 unspecified atom stereocenters. The number of para-hydroxylation sites is 1. The van der Waals surface area contributed by atoms with E-state index < -0.39 is 0 Å². The van der Waals surface area contributed by atoms with E-state index in [-0.39, 0.29) is 0 Å². The molecule has 3 nitrogen and oxygen atoms in total. The van der Waals surface area contributed by atoms with Gasteiger partial charge in [0.15, 0.2) is 0 Å². The lowest BCUT2D eigenvalue weighted by Gasteiger charge is -2.18. The largest absolute Gasteiger partial charge is 0.383 e. The standard InChI is InChI=1S/C14H22N2O/c1-17-11-8-15-14-7-3-2-6-13(14)12-16-9-4-5-10-16/h2-3,6-7,15H,4-5,8-12H2,1H3. The number of nitrogens with zero attached hydrogens (tertiary/aromatic N) is 1. The fourth-order valence-corrected chi connectivity index (χ4v) is 2.30. The van der Waals surface area contributed by atoms with Gasteiger partial charge in [-0.15, -0.1) is 0 Å². The smallest absolute Gasteiger partial charge is 0.0635 e. The summed E-state index contributed by atoms with van der Waals surface area (Å²) in [7, 11) is 1.73. The van der Waals surface area contributed by atoms with E-state index >= 15 is 0 Å². The van der Waals surface area contributed by atoms with E-state index in [0.717, 1.165) is 19.7 Å². The van der Waals surface area contributed by atoms with Gasteiger partial charge in [-0.05, 0) is 37.6 Å². The lowest BCUT2D eigenvalue weighted by atomic mass is 10.1. The third kappa shape index (κ3) is 3.72. The molecule has 1 N–H and O–H groups in total. The summed E-state index contributed by atoms with van der Waals surface area (Å²) in [5, 5.41) is 3.44. The molecule has 3 heteroatoms. The summed E-state index contributed by atoms with van der Waals surface area (Å²) in [5.41, 5.74) is 2.64. The van der Waals surface area contributed by atoms with Crippen molar-refractivity contribution in [1.82, 2.24) is 4.90 Å². The van der Waals surface area contributed by atoms with Crippen LogP contribution in [-0.4, -0.2) is 38.3 Å². The molecule has 0 radical (unpaired) electrons. The average molecular weight is 234 g/mol. The second-order valence-corrected chi connectivity index (χ2v) is 4.56. The molecule has 1 heterocycles. The Bertz CT molecular complexity index is 335. The second kappa shape index (κ2) is 6.62. The van der Waals surface area contributed by atoms with Gasteiger partial charge in [0.25, 0.3) is 0 Å². The highest BCUT2D eigenvalue weighted by Crippen LogP contribution is 2.19. The van der Waals surface area contributed by atoms with Crippen molar-refractivity contribution in [3.63, 3.8) is 0 Å². The van der Waals surface area contributed by atoms with Gasteiger partial charge in [-0.3, -0.25) is 4.90 Å². The molecule has 0 spiro atoms. The zero-order valence-electron chi connectivity index (χ0n) is 10.6. The molecular weight excluding hydrogens is 212 g/mol. The minimum atomic E-state index is 0.748. The third-order valence-corrected chi connectivity index (χ3v) is 3.23. The van der Waals surface area contributed by atoms with Gasteiger partial charge in [0.2, 0.25) is 0 Å². The fraction of sp³-hybridized carbons (Fsp3) is 0.571. The van der Waals surface area contributed by atoms with E-state index in [1.807, 2.05) is 0 Å². The molecule has 1 saturated heterocycles. The van der Waals surface area contributed by atoms with Crippen LogP contribution in [0, 0.1) is 0 Å². The monoisotopic (exact) mass is 234 g/mol. The summed E-state index contributed by atoms with van der Waals surface area (Å²) in [4.78, 5) is 2.52. The number of benzene rings is 1. The SMILES string of the molecule is COCCNc1ccccc1CN1CCCC1. The minimum absolute atomic E-state index is 0.748. The zero-order chi connectivity index (χ0) is 11.9. The number of hydrogen-bond donors (Lipinski definition) is 1. The summed E-state index contributed by atoms with van der Waals surface area (Å²) < 4.78 is 5.06. The first-order chi connectivity index (χ1) is 8.40. The first-order valence-corrected chi connectivity index (χ1v) is 6.43. The Balaban J connectivity index is 1.94.